The van der Waals surface area contributed by atoms with Crippen LogP contribution in [0, 0.1) is 0 Å². The highest BCUT2D eigenvalue weighted by Gasteiger charge is 2.34. The molecular formula is C11H12N2O2. The van der Waals surface area contributed by atoms with Crippen LogP contribution in [-0.2, 0) is 4.79 Å². The zero-order chi connectivity index (χ0) is 10.8. The molecule has 2 rings (SSSR count). The van der Waals surface area contributed by atoms with Crippen LogP contribution in [-0.4, -0.2) is 24.4 Å². The Morgan fingerprint density at radius 3 is 2.67 bits per heavy atom. The molecule has 1 aromatic carbocycles. The maximum absolute atomic E-state index is 11.6. The van der Waals surface area contributed by atoms with Crippen molar-refractivity contribution in [2.45, 2.75) is 13.0 Å². The van der Waals surface area contributed by atoms with Gasteiger partial charge in [0, 0.05) is 12.2 Å². The molecule has 1 aliphatic heterocycles. The summed E-state index contributed by atoms with van der Waals surface area (Å²) in [5.41, 5.74) is 0.757. The Morgan fingerprint density at radius 1 is 1.40 bits per heavy atom. The Kier molecular flexibility index (Phi) is 2.41. The van der Waals surface area contributed by atoms with E-state index in [-0.39, 0.29) is 17.9 Å². The number of nitrogens with zero attached hydrogens (tertiary/aromatic N) is 1. The lowest BCUT2D eigenvalue weighted by atomic mass is 10.2. The summed E-state index contributed by atoms with van der Waals surface area (Å²) in [7, 11) is 0. The summed E-state index contributed by atoms with van der Waals surface area (Å²) in [6.45, 7) is 1.89. The van der Waals surface area contributed by atoms with Crippen LogP contribution in [0.4, 0.5) is 10.5 Å². The Labute approximate surface area is 87.9 Å². The Hall–Kier alpha value is -1.84. The van der Waals surface area contributed by atoms with Gasteiger partial charge in [-0.05, 0) is 19.1 Å². The second-order valence-corrected chi connectivity index (χ2v) is 3.52. The molecule has 15 heavy (non-hydrogen) atoms. The van der Waals surface area contributed by atoms with Crippen LogP contribution in [0.15, 0.2) is 30.3 Å². The van der Waals surface area contributed by atoms with E-state index in [0.717, 1.165) is 5.69 Å². The molecule has 0 spiro atoms. The highest BCUT2D eigenvalue weighted by atomic mass is 16.2. The predicted molar refractivity (Wildman–Crippen MR) is 56.8 cm³/mol. The van der Waals surface area contributed by atoms with Crippen molar-refractivity contribution in [3.05, 3.63) is 30.3 Å². The van der Waals surface area contributed by atoms with Crippen LogP contribution in [0.2, 0.25) is 0 Å². The fraction of sp³-hybridized carbons (Fsp3) is 0.273. The SMILES string of the molecule is CC(=O)[C@H]1CNC(=O)N1c1ccccc1. The van der Waals surface area contributed by atoms with Gasteiger partial charge in [-0.15, -0.1) is 0 Å². The molecule has 0 radical (unpaired) electrons. The lowest BCUT2D eigenvalue weighted by Crippen LogP contribution is -2.38. The molecular weight excluding hydrogens is 192 g/mol. The number of amides is 2. The van der Waals surface area contributed by atoms with Gasteiger partial charge >= 0.3 is 6.03 Å². The third-order valence-electron chi connectivity index (χ3n) is 2.48. The van der Waals surface area contributed by atoms with Crippen LogP contribution in [0.3, 0.4) is 0 Å². The van der Waals surface area contributed by atoms with Crippen molar-refractivity contribution in [2.24, 2.45) is 0 Å². The van der Waals surface area contributed by atoms with E-state index in [1.54, 1.807) is 0 Å². The summed E-state index contributed by atoms with van der Waals surface area (Å²) in [6.07, 6.45) is 0. The van der Waals surface area contributed by atoms with E-state index in [0.29, 0.717) is 6.54 Å². The molecule has 0 aromatic heterocycles. The molecule has 1 heterocycles. The zero-order valence-electron chi connectivity index (χ0n) is 8.43. The minimum Gasteiger partial charge on any atom is -0.335 e. The quantitative estimate of drug-likeness (QED) is 0.786. The van der Waals surface area contributed by atoms with E-state index in [1.165, 1.54) is 11.8 Å². The van der Waals surface area contributed by atoms with Crippen molar-refractivity contribution >= 4 is 17.5 Å². The van der Waals surface area contributed by atoms with Crippen molar-refractivity contribution < 1.29 is 9.59 Å². The van der Waals surface area contributed by atoms with Crippen LogP contribution in [0.5, 0.6) is 0 Å². The van der Waals surface area contributed by atoms with E-state index >= 15 is 0 Å². The molecule has 0 saturated carbocycles. The number of carbonyl (C=O) groups excluding carboxylic acids is 2. The molecule has 78 valence electrons. The lowest BCUT2D eigenvalue weighted by molar-refractivity contribution is -0.117. The van der Waals surface area contributed by atoms with Gasteiger partial charge in [0.25, 0.3) is 0 Å². The van der Waals surface area contributed by atoms with Gasteiger partial charge in [-0.3, -0.25) is 9.69 Å². The van der Waals surface area contributed by atoms with Gasteiger partial charge in [0.2, 0.25) is 0 Å². The normalized spacial score (nSPS) is 20.2. The number of carbonyl (C=O) groups is 2. The van der Waals surface area contributed by atoms with Crippen LogP contribution < -0.4 is 10.2 Å². The minimum absolute atomic E-state index is 0.00259. The number of rotatable bonds is 2. The van der Waals surface area contributed by atoms with Crippen molar-refractivity contribution in [2.75, 3.05) is 11.4 Å². The van der Waals surface area contributed by atoms with Gasteiger partial charge in [0.05, 0.1) is 0 Å². The van der Waals surface area contributed by atoms with Crippen molar-refractivity contribution in [1.29, 1.82) is 0 Å². The smallest absolute Gasteiger partial charge is 0.322 e. The van der Waals surface area contributed by atoms with Gasteiger partial charge in [-0.25, -0.2) is 4.79 Å². The average Bonchev–Trinajstić information content (AvgIpc) is 2.61. The number of benzene rings is 1. The van der Waals surface area contributed by atoms with E-state index in [9.17, 15) is 9.59 Å². The van der Waals surface area contributed by atoms with E-state index in [2.05, 4.69) is 5.32 Å². The molecule has 0 bridgehead atoms. The number of Topliss-reactive ketones (excluding diaryl/α,β-unsaturated/α-hetero) is 1. The molecule has 1 saturated heterocycles. The molecule has 0 aliphatic carbocycles. The maximum Gasteiger partial charge on any atom is 0.322 e. The number of hydrogen-bond donors (Lipinski definition) is 1. The first-order valence-electron chi connectivity index (χ1n) is 4.82. The predicted octanol–water partition coefficient (Wildman–Crippen LogP) is 1.17. The first kappa shape index (κ1) is 9.71. The second kappa shape index (κ2) is 3.73. The summed E-state index contributed by atoms with van der Waals surface area (Å²) >= 11 is 0. The lowest BCUT2D eigenvalue weighted by Gasteiger charge is -2.20. The summed E-state index contributed by atoms with van der Waals surface area (Å²) in [4.78, 5) is 24.4. The van der Waals surface area contributed by atoms with Gasteiger partial charge in [-0.1, -0.05) is 18.2 Å². The van der Waals surface area contributed by atoms with Crippen LogP contribution >= 0.6 is 0 Å². The molecule has 2 amide bonds. The van der Waals surface area contributed by atoms with Crippen molar-refractivity contribution in [3.63, 3.8) is 0 Å². The monoisotopic (exact) mass is 204 g/mol. The highest BCUT2D eigenvalue weighted by molar-refractivity contribution is 6.03. The highest BCUT2D eigenvalue weighted by Crippen LogP contribution is 2.20. The number of anilines is 1. The maximum atomic E-state index is 11.6. The summed E-state index contributed by atoms with van der Waals surface area (Å²) in [6, 6.07) is 8.62. The van der Waals surface area contributed by atoms with E-state index in [4.69, 9.17) is 0 Å². The molecule has 1 aliphatic rings. The first-order valence-corrected chi connectivity index (χ1v) is 4.82. The molecule has 1 N–H and O–H groups in total. The first-order chi connectivity index (χ1) is 7.20. The summed E-state index contributed by atoms with van der Waals surface area (Å²) in [5, 5.41) is 2.67. The topological polar surface area (TPSA) is 49.4 Å². The number of ketones is 1. The number of para-hydroxylation sites is 1. The molecule has 0 unspecified atom stereocenters. The van der Waals surface area contributed by atoms with E-state index < -0.39 is 0 Å². The Morgan fingerprint density at radius 2 is 2.07 bits per heavy atom. The van der Waals surface area contributed by atoms with Crippen molar-refractivity contribution in [3.8, 4) is 0 Å². The summed E-state index contributed by atoms with van der Waals surface area (Å²) < 4.78 is 0. The Bertz CT molecular complexity index is 389. The molecule has 1 fully saturated rings. The van der Waals surface area contributed by atoms with Crippen LogP contribution in [0.25, 0.3) is 0 Å². The molecule has 4 nitrogen and oxygen atoms in total. The van der Waals surface area contributed by atoms with Gasteiger partial charge in [0.1, 0.15) is 6.04 Å². The minimum atomic E-state index is -0.375. The van der Waals surface area contributed by atoms with Gasteiger partial charge in [-0.2, -0.15) is 0 Å². The fourth-order valence-electron chi connectivity index (χ4n) is 1.71. The molecule has 1 aromatic rings. The largest absolute Gasteiger partial charge is 0.335 e. The Balaban J connectivity index is 2.33. The zero-order valence-corrected chi connectivity index (χ0v) is 8.43. The molecule has 1 atom stereocenters. The fourth-order valence-corrected chi connectivity index (χ4v) is 1.71. The van der Waals surface area contributed by atoms with Gasteiger partial charge in [0.15, 0.2) is 5.78 Å². The third kappa shape index (κ3) is 1.70. The average molecular weight is 204 g/mol. The molecule has 4 heteroatoms. The van der Waals surface area contributed by atoms with E-state index in [1.807, 2.05) is 30.3 Å². The van der Waals surface area contributed by atoms with Crippen LogP contribution in [0.1, 0.15) is 6.92 Å². The third-order valence-corrected chi connectivity index (χ3v) is 2.48. The standard InChI is InChI=1S/C11H12N2O2/c1-8(14)10-7-12-11(15)13(10)9-5-3-2-4-6-9/h2-6,10H,7H2,1H3,(H,12,15)/t10-/m1/s1. The second-order valence-electron chi connectivity index (χ2n) is 3.52. The van der Waals surface area contributed by atoms with Crippen molar-refractivity contribution in [1.82, 2.24) is 5.32 Å². The number of urea groups is 1. The number of nitrogens with one attached hydrogen (secondary N) is 1. The number of hydrogen-bond acceptors (Lipinski definition) is 2. The van der Waals surface area contributed by atoms with Gasteiger partial charge < -0.3 is 5.32 Å². The summed E-state index contributed by atoms with van der Waals surface area (Å²) in [5.74, 6) is -0.00259.